The fraction of sp³-hybridized carbons (Fsp3) is 0.368. The van der Waals surface area contributed by atoms with Gasteiger partial charge in [0, 0.05) is 6.54 Å². The molecule has 7 heteroatoms. The number of aliphatic hydroxyl groups excluding tert-OH is 1. The van der Waals surface area contributed by atoms with Crippen molar-refractivity contribution < 1.29 is 19.3 Å². The summed E-state index contributed by atoms with van der Waals surface area (Å²) < 4.78 is 16.0. The highest BCUT2D eigenvalue weighted by Gasteiger charge is 2.09. The van der Waals surface area contributed by atoms with Crippen LogP contribution in [0.2, 0.25) is 0 Å². The number of nitrogen functional groups attached to an aromatic ring is 2. The molecule has 0 heterocycles. The van der Waals surface area contributed by atoms with Crippen LogP contribution in [0.1, 0.15) is 5.56 Å². The van der Waals surface area contributed by atoms with E-state index in [1.54, 1.807) is 32.4 Å². The lowest BCUT2D eigenvalue weighted by Gasteiger charge is -2.15. The standard InChI is InChI=1S/C19H27N3O4/c1-24-16-7-6-13(10-18(16)25-2)8-9-22-11-14(23)12-26-17-5-3-4-15(20)19(17)21/h3-7,10,14,22-23H,8-9,11-12,20-21H2,1-2H3. The summed E-state index contributed by atoms with van der Waals surface area (Å²) >= 11 is 0. The average molecular weight is 361 g/mol. The number of anilines is 2. The van der Waals surface area contributed by atoms with Crippen LogP contribution < -0.4 is 31.0 Å². The molecule has 0 aromatic heterocycles. The van der Waals surface area contributed by atoms with E-state index in [0.717, 1.165) is 12.0 Å². The van der Waals surface area contributed by atoms with Crippen LogP contribution in [-0.2, 0) is 6.42 Å². The van der Waals surface area contributed by atoms with Crippen molar-refractivity contribution in [1.82, 2.24) is 5.32 Å². The van der Waals surface area contributed by atoms with E-state index in [-0.39, 0.29) is 6.61 Å². The first-order chi connectivity index (χ1) is 12.5. The van der Waals surface area contributed by atoms with Gasteiger partial charge in [0.15, 0.2) is 11.5 Å². The molecule has 26 heavy (non-hydrogen) atoms. The first kappa shape index (κ1) is 19.7. The van der Waals surface area contributed by atoms with Gasteiger partial charge in [0.1, 0.15) is 18.5 Å². The molecule has 0 aliphatic heterocycles. The van der Waals surface area contributed by atoms with E-state index in [2.05, 4.69) is 5.32 Å². The molecule has 0 bridgehead atoms. The number of ether oxygens (including phenoxy) is 3. The molecular formula is C19H27N3O4. The van der Waals surface area contributed by atoms with E-state index in [1.165, 1.54) is 0 Å². The minimum atomic E-state index is -0.652. The number of methoxy groups -OCH3 is 2. The summed E-state index contributed by atoms with van der Waals surface area (Å²) in [5, 5.41) is 13.2. The van der Waals surface area contributed by atoms with E-state index >= 15 is 0 Å². The highest BCUT2D eigenvalue weighted by molar-refractivity contribution is 5.70. The molecule has 0 spiro atoms. The molecule has 1 unspecified atom stereocenters. The maximum atomic E-state index is 10.0. The monoisotopic (exact) mass is 361 g/mol. The van der Waals surface area contributed by atoms with Gasteiger partial charge >= 0.3 is 0 Å². The van der Waals surface area contributed by atoms with Crippen molar-refractivity contribution in [1.29, 1.82) is 0 Å². The maximum Gasteiger partial charge on any atom is 0.160 e. The second kappa shape index (κ2) is 9.74. The van der Waals surface area contributed by atoms with Gasteiger partial charge in [-0.3, -0.25) is 0 Å². The molecule has 0 amide bonds. The van der Waals surface area contributed by atoms with Crippen LogP contribution in [0.25, 0.3) is 0 Å². The lowest BCUT2D eigenvalue weighted by Crippen LogP contribution is -2.32. The van der Waals surface area contributed by atoms with Gasteiger partial charge in [-0.2, -0.15) is 0 Å². The van der Waals surface area contributed by atoms with E-state index in [1.807, 2.05) is 18.2 Å². The third-order valence-electron chi connectivity index (χ3n) is 3.95. The third-order valence-corrected chi connectivity index (χ3v) is 3.95. The normalized spacial score (nSPS) is 11.8. The van der Waals surface area contributed by atoms with Crippen molar-refractivity contribution in [3.63, 3.8) is 0 Å². The Labute approximate surface area is 153 Å². The summed E-state index contributed by atoms with van der Waals surface area (Å²) in [7, 11) is 3.23. The molecule has 2 aromatic rings. The van der Waals surface area contributed by atoms with E-state index in [9.17, 15) is 5.11 Å². The van der Waals surface area contributed by atoms with Gasteiger partial charge in [0.25, 0.3) is 0 Å². The molecule has 0 saturated heterocycles. The Kier molecular flexibility index (Phi) is 7.37. The number of nitrogens with two attached hydrogens (primary N) is 2. The molecule has 142 valence electrons. The van der Waals surface area contributed by atoms with Crippen LogP contribution in [0.3, 0.4) is 0 Å². The van der Waals surface area contributed by atoms with Crippen LogP contribution in [0.5, 0.6) is 17.2 Å². The quantitative estimate of drug-likeness (QED) is 0.374. The second-order valence-electron chi connectivity index (χ2n) is 5.87. The van der Waals surface area contributed by atoms with Gasteiger partial charge in [-0.1, -0.05) is 12.1 Å². The maximum absolute atomic E-state index is 10.0. The van der Waals surface area contributed by atoms with Crippen molar-refractivity contribution in [2.45, 2.75) is 12.5 Å². The van der Waals surface area contributed by atoms with Crippen molar-refractivity contribution in [3.05, 3.63) is 42.0 Å². The Morgan fingerprint density at radius 2 is 1.81 bits per heavy atom. The van der Waals surface area contributed by atoms with Crippen LogP contribution in [0.4, 0.5) is 11.4 Å². The highest BCUT2D eigenvalue weighted by atomic mass is 16.5. The highest BCUT2D eigenvalue weighted by Crippen LogP contribution is 2.28. The molecule has 7 nitrogen and oxygen atoms in total. The number of nitrogens with one attached hydrogen (secondary N) is 1. The fourth-order valence-corrected chi connectivity index (χ4v) is 2.47. The zero-order valence-electron chi connectivity index (χ0n) is 15.2. The summed E-state index contributed by atoms with van der Waals surface area (Å²) in [6.07, 6.45) is 0.150. The molecule has 6 N–H and O–H groups in total. The SMILES string of the molecule is COc1ccc(CCNCC(O)COc2cccc(N)c2N)cc1OC. The molecule has 2 rings (SSSR count). The van der Waals surface area contributed by atoms with Crippen molar-refractivity contribution in [2.24, 2.45) is 0 Å². The number of para-hydroxylation sites is 1. The first-order valence-electron chi connectivity index (χ1n) is 8.41. The van der Waals surface area contributed by atoms with Gasteiger partial charge in [0.05, 0.1) is 25.6 Å². The van der Waals surface area contributed by atoms with Gasteiger partial charge in [-0.15, -0.1) is 0 Å². The second-order valence-corrected chi connectivity index (χ2v) is 5.87. The molecule has 0 fully saturated rings. The lowest BCUT2D eigenvalue weighted by molar-refractivity contribution is 0.107. The third kappa shape index (κ3) is 5.44. The van der Waals surface area contributed by atoms with E-state index < -0.39 is 6.10 Å². The summed E-state index contributed by atoms with van der Waals surface area (Å²) in [6.45, 7) is 1.26. The predicted molar refractivity (Wildman–Crippen MR) is 103 cm³/mol. The van der Waals surface area contributed by atoms with Gasteiger partial charge < -0.3 is 36.1 Å². The summed E-state index contributed by atoms with van der Waals surface area (Å²) in [6, 6.07) is 11.0. The largest absolute Gasteiger partial charge is 0.493 e. The Balaban J connectivity index is 1.71. The number of benzene rings is 2. The van der Waals surface area contributed by atoms with Gasteiger partial charge in [0.2, 0.25) is 0 Å². The van der Waals surface area contributed by atoms with Crippen molar-refractivity contribution in [3.8, 4) is 17.2 Å². The molecule has 0 aliphatic rings. The summed E-state index contributed by atoms with van der Waals surface area (Å²) in [5.74, 6) is 1.89. The molecule has 0 aliphatic carbocycles. The van der Waals surface area contributed by atoms with E-state index in [4.69, 9.17) is 25.7 Å². The topological polar surface area (TPSA) is 112 Å². The lowest BCUT2D eigenvalue weighted by atomic mass is 10.1. The molecule has 2 aromatic carbocycles. The minimum absolute atomic E-state index is 0.136. The predicted octanol–water partition coefficient (Wildman–Crippen LogP) is 1.44. The molecule has 0 radical (unpaired) electrons. The van der Waals surface area contributed by atoms with Gasteiger partial charge in [-0.05, 0) is 42.8 Å². The van der Waals surface area contributed by atoms with Crippen LogP contribution in [-0.4, -0.2) is 45.1 Å². The molecular weight excluding hydrogens is 334 g/mol. The van der Waals surface area contributed by atoms with Crippen molar-refractivity contribution in [2.75, 3.05) is 45.4 Å². The summed E-state index contributed by atoms with van der Waals surface area (Å²) in [5.41, 5.74) is 13.5. The Bertz CT molecular complexity index is 709. The zero-order valence-corrected chi connectivity index (χ0v) is 15.2. The zero-order chi connectivity index (χ0) is 18.9. The Morgan fingerprint density at radius 1 is 1.04 bits per heavy atom. The summed E-state index contributed by atoms with van der Waals surface area (Å²) in [4.78, 5) is 0. The average Bonchev–Trinajstić information content (AvgIpc) is 2.66. The van der Waals surface area contributed by atoms with Crippen LogP contribution >= 0.6 is 0 Å². The molecule has 0 saturated carbocycles. The van der Waals surface area contributed by atoms with Crippen molar-refractivity contribution >= 4 is 11.4 Å². The van der Waals surface area contributed by atoms with Crippen LogP contribution in [0.15, 0.2) is 36.4 Å². The number of aliphatic hydroxyl groups is 1. The minimum Gasteiger partial charge on any atom is -0.493 e. The van der Waals surface area contributed by atoms with E-state index in [0.29, 0.717) is 41.7 Å². The van der Waals surface area contributed by atoms with Crippen LogP contribution in [0, 0.1) is 0 Å². The number of rotatable bonds is 10. The Morgan fingerprint density at radius 3 is 2.54 bits per heavy atom. The Hall–Kier alpha value is -2.64. The first-order valence-corrected chi connectivity index (χ1v) is 8.41. The smallest absolute Gasteiger partial charge is 0.160 e. The number of hydrogen-bond acceptors (Lipinski definition) is 7. The number of hydrogen-bond donors (Lipinski definition) is 4. The van der Waals surface area contributed by atoms with Gasteiger partial charge in [-0.25, -0.2) is 0 Å². The fourth-order valence-electron chi connectivity index (χ4n) is 2.47. The molecule has 1 atom stereocenters.